The Morgan fingerprint density at radius 3 is 2.07 bits per heavy atom. The molecule has 2 amide bonds. The Labute approximate surface area is 169 Å². The SMILES string of the molecule is Cc1cc(C)cc(CC(=O)N(Cc2cccc(C)c2)C(C)C(=O)NC(C)C)c1. The van der Waals surface area contributed by atoms with Crippen molar-refractivity contribution >= 4 is 11.8 Å². The normalized spacial score (nSPS) is 12.0. The minimum atomic E-state index is -0.540. The van der Waals surface area contributed by atoms with Gasteiger partial charge in [0.15, 0.2) is 0 Å². The van der Waals surface area contributed by atoms with Crippen molar-refractivity contribution in [3.63, 3.8) is 0 Å². The van der Waals surface area contributed by atoms with Crippen LogP contribution in [0, 0.1) is 20.8 Å². The first kappa shape index (κ1) is 21.7. The Hall–Kier alpha value is -2.62. The number of amides is 2. The summed E-state index contributed by atoms with van der Waals surface area (Å²) in [6, 6.07) is 13.7. The highest BCUT2D eigenvalue weighted by Gasteiger charge is 2.26. The third-order valence-corrected chi connectivity index (χ3v) is 4.67. The fraction of sp³-hybridized carbons (Fsp3) is 0.417. The molecular formula is C24H32N2O2. The number of benzene rings is 2. The molecule has 0 spiro atoms. The second-order valence-electron chi connectivity index (χ2n) is 8.02. The highest BCUT2D eigenvalue weighted by atomic mass is 16.2. The summed E-state index contributed by atoms with van der Waals surface area (Å²) in [5.74, 6) is -0.172. The summed E-state index contributed by atoms with van der Waals surface area (Å²) < 4.78 is 0. The summed E-state index contributed by atoms with van der Waals surface area (Å²) in [4.78, 5) is 27.5. The Kier molecular flexibility index (Phi) is 7.38. The van der Waals surface area contributed by atoms with Gasteiger partial charge in [0.25, 0.3) is 0 Å². The highest BCUT2D eigenvalue weighted by molar-refractivity contribution is 5.88. The van der Waals surface area contributed by atoms with E-state index in [0.717, 1.165) is 27.8 Å². The van der Waals surface area contributed by atoms with Crippen LogP contribution in [0.1, 0.15) is 48.6 Å². The van der Waals surface area contributed by atoms with Crippen LogP contribution in [-0.4, -0.2) is 28.8 Å². The zero-order valence-corrected chi connectivity index (χ0v) is 17.9. The molecule has 4 heteroatoms. The largest absolute Gasteiger partial charge is 0.352 e. The lowest BCUT2D eigenvalue weighted by molar-refractivity contribution is -0.140. The number of carbonyl (C=O) groups excluding carboxylic acids is 2. The monoisotopic (exact) mass is 380 g/mol. The van der Waals surface area contributed by atoms with E-state index in [2.05, 4.69) is 17.4 Å². The van der Waals surface area contributed by atoms with Crippen molar-refractivity contribution in [2.45, 2.75) is 66.6 Å². The Balaban J connectivity index is 2.27. The molecule has 0 aliphatic carbocycles. The number of hydrogen-bond donors (Lipinski definition) is 1. The zero-order chi connectivity index (χ0) is 20.8. The summed E-state index contributed by atoms with van der Waals surface area (Å²) >= 11 is 0. The highest BCUT2D eigenvalue weighted by Crippen LogP contribution is 2.15. The molecule has 28 heavy (non-hydrogen) atoms. The number of nitrogens with zero attached hydrogens (tertiary/aromatic N) is 1. The van der Waals surface area contributed by atoms with Crippen LogP contribution in [0.3, 0.4) is 0 Å². The van der Waals surface area contributed by atoms with Gasteiger partial charge in [-0.2, -0.15) is 0 Å². The lowest BCUT2D eigenvalue weighted by atomic mass is 10.0. The van der Waals surface area contributed by atoms with Crippen LogP contribution in [0.15, 0.2) is 42.5 Å². The minimum Gasteiger partial charge on any atom is -0.352 e. The van der Waals surface area contributed by atoms with E-state index in [1.54, 1.807) is 11.8 Å². The summed E-state index contributed by atoms with van der Waals surface area (Å²) in [7, 11) is 0. The van der Waals surface area contributed by atoms with Gasteiger partial charge in [-0.05, 0) is 52.7 Å². The van der Waals surface area contributed by atoms with Crippen molar-refractivity contribution < 1.29 is 9.59 Å². The van der Waals surface area contributed by atoms with Gasteiger partial charge in [-0.15, -0.1) is 0 Å². The predicted octanol–water partition coefficient (Wildman–Crippen LogP) is 4.10. The quantitative estimate of drug-likeness (QED) is 0.786. The zero-order valence-electron chi connectivity index (χ0n) is 17.9. The van der Waals surface area contributed by atoms with Crippen LogP contribution in [-0.2, 0) is 22.6 Å². The van der Waals surface area contributed by atoms with E-state index in [1.807, 2.05) is 65.0 Å². The third kappa shape index (κ3) is 6.22. The molecule has 0 saturated heterocycles. The Morgan fingerprint density at radius 2 is 1.50 bits per heavy atom. The number of nitrogens with one attached hydrogen (secondary N) is 1. The van der Waals surface area contributed by atoms with Crippen LogP contribution in [0.2, 0.25) is 0 Å². The first-order chi connectivity index (χ1) is 13.2. The molecule has 2 aromatic carbocycles. The van der Waals surface area contributed by atoms with E-state index < -0.39 is 6.04 Å². The second-order valence-corrected chi connectivity index (χ2v) is 8.02. The molecule has 0 fully saturated rings. The topological polar surface area (TPSA) is 49.4 Å². The van der Waals surface area contributed by atoms with Gasteiger partial charge in [0.05, 0.1) is 6.42 Å². The van der Waals surface area contributed by atoms with Gasteiger partial charge in [-0.3, -0.25) is 9.59 Å². The summed E-state index contributed by atoms with van der Waals surface area (Å²) in [5.41, 5.74) is 5.42. The molecule has 0 aliphatic heterocycles. The number of hydrogen-bond acceptors (Lipinski definition) is 2. The smallest absolute Gasteiger partial charge is 0.242 e. The fourth-order valence-electron chi connectivity index (χ4n) is 3.44. The molecule has 1 N–H and O–H groups in total. The van der Waals surface area contributed by atoms with Gasteiger partial charge >= 0.3 is 0 Å². The molecule has 1 unspecified atom stereocenters. The van der Waals surface area contributed by atoms with Gasteiger partial charge < -0.3 is 10.2 Å². The van der Waals surface area contributed by atoms with Crippen LogP contribution in [0.25, 0.3) is 0 Å². The van der Waals surface area contributed by atoms with Crippen LogP contribution in [0.5, 0.6) is 0 Å². The van der Waals surface area contributed by atoms with Gasteiger partial charge in [0, 0.05) is 12.6 Å². The molecule has 4 nitrogen and oxygen atoms in total. The van der Waals surface area contributed by atoms with Crippen LogP contribution < -0.4 is 5.32 Å². The first-order valence-electron chi connectivity index (χ1n) is 9.88. The van der Waals surface area contributed by atoms with E-state index in [0.29, 0.717) is 6.54 Å². The fourth-order valence-corrected chi connectivity index (χ4v) is 3.44. The molecule has 0 aliphatic rings. The maximum absolute atomic E-state index is 13.2. The van der Waals surface area contributed by atoms with E-state index in [-0.39, 0.29) is 24.3 Å². The van der Waals surface area contributed by atoms with Crippen molar-refractivity contribution in [1.82, 2.24) is 10.2 Å². The first-order valence-corrected chi connectivity index (χ1v) is 9.88. The average molecular weight is 381 g/mol. The van der Waals surface area contributed by atoms with Crippen molar-refractivity contribution in [3.8, 4) is 0 Å². The molecule has 2 rings (SSSR count). The minimum absolute atomic E-state index is 0.0327. The molecule has 0 heterocycles. The number of aryl methyl sites for hydroxylation is 3. The van der Waals surface area contributed by atoms with Crippen LogP contribution >= 0.6 is 0 Å². The lowest BCUT2D eigenvalue weighted by Gasteiger charge is -2.29. The molecule has 0 aromatic heterocycles. The van der Waals surface area contributed by atoms with Gasteiger partial charge in [0.2, 0.25) is 11.8 Å². The van der Waals surface area contributed by atoms with Gasteiger partial charge in [0.1, 0.15) is 6.04 Å². The second kappa shape index (κ2) is 9.54. The van der Waals surface area contributed by atoms with E-state index in [9.17, 15) is 9.59 Å². The Bertz CT molecular complexity index is 822. The number of carbonyl (C=O) groups is 2. The van der Waals surface area contributed by atoms with Crippen molar-refractivity contribution in [1.29, 1.82) is 0 Å². The molecule has 150 valence electrons. The molecule has 1 atom stereocenters. The predicted molar refractivity (Wildman–Crippen MR) is 114 cm³/mol. The molecule has 2 aromatic rings. The molecule has 0 bridgehead atoms. The summed E-state index contributed by atoms with van der Waals surface area (Å²) in [6.45, 7) is 12.2. The van der Waals surface area contributed by atoms with Crippen LogP contribution in [0.4, 0.5) is 0 Å². The summed E-state index contributed by atoms with van der Waals surface area (Å²) in [5, 5.41) is 2.92. The van der Waals surface area contributed by atoms with Crippen molar-refractivity contribution in [2.24, 2.45) is 0 Å². The molecule has 0 saturated carbocycles. The molecule has 0 radical (unpaired) electrons. The maximum atomic E-state index is 13.2. The average Bonchev–Trinajstić information content (AvgIpc) is 2.57. The maximum Gasteiger partial charge on any atom is 0.242 e. The van der Waals surface area contributed by atoms with Gasteiger partial charge in [-0.1, -0.05) is 59.2 Å². The van der Waals surface area contributed by atoms with Gasteiger partial charge in [-0.25, -0.2) is 0 Å². The Morgan fingerprint density at radius 1 is 0.893 bits per heavy atom. The van der Waals surface area contributed by atoms with E-state index in [1.165, 1.54) is 0 Å². The summed E-state index contributed by atoms with van der Waals surface area (Å²) in [6.07, 6.45) is 0.285. The third-order valence-electron chi connectivity index (χ3n) is 4.67. The standard InChI is InChI=1S/C24H32N2O2/c1-16(2)25-24(28)20(6)26(15-21-9-7-8-17(3)11-21)23(27)14-22-12-18(4)10-19(5)13-22/h7-13,16,20H,14-15H2,1-6H3,(H,25,28). The van der Waals surface area contributed by atoms with E-state index >= 15 is 0 Å². The van der Waals surface area contributed by atoms with Crippen molar-refractivity contribution in [2.75, 3.05) is 0 Å². The van der Waals surface area contributed by atoms with Crippen molar-refractivity contribution in [3.05, 3.63) is 70.3 Å². The molecular weight excluding hydrogens is 348 g/mol. The van der Waals surface area contributed by atoms with E-state index in [4.69, 9.17) is 0 Å². The number of rotatable bonds is 7. The lowest BCUT2D eigenvalue weighted by Crippen LogP contribution is -2.49.